The van der Waals surface area contributed by atoms with E-state index in [1.54, 1.807) is 0 Å². The Hall–Kier alpha value is -1.66. The summed E-state index contributed by atoms with van der Waals surface area (Å²) in [5.74, 6) is 0. The Morgan fingerprint density at radius 1 is 0.773 bits per heavy atom. The molecule has 0 atom stereocenters. The number of rotatable bonds is 4. The molecule has 0 aliphatic heterocycles. The van der Waals surface area contributed by atoms with E-state index >= 15 is 0 Å². The molecule has 1 saturated carbocycles. The van der Waals surface area contributed by atoms with E-state index in [2.05, 4.69) is 0 Å². The second kappa shape index (κ2) is 6.22. The number of aldehydes is 1. The lowest BCUT2D eigenvalue weighted by Crippen LogP contribution is -2.41. The summed E-state index contributed by atoms with van der Waals surface area (Å²) in [6, 6.07) is 19.1. The van der Waals surface area contributed by atoms with Crippen molar-refractivity contribution in [2.75, 3.05) is 0 Å². The van der Waals surface area contributed by atoms with Gasteiger partial charge in [-0.1, -0.05) is 79.9 Å². The number of benzene rings is 2. The Bertz CT molecular complexity index is 630. The van der Waals surface area contributed by atoms with Crippen LogP contribution in [0.3, 0.4) is 0 Å². The van der Waals surface area contributed by atoms with E-state index in [4.69, 9.17) is 0 Å². The first-order chi connectivity index (χ1) is 10.7. The van der Waals surface area contributed by atoms with Crippen LogP contribution in [0.2, 0.25) is 0 Å². The first kappa shape index (κ1) is 15.2. The van der Waals surface area contributed by atoms with Gasteiger partial charge in [0.1, 0.15) is 6.29 Å². The standard InChI is InChI=1S/C19H21O2P/c20-16-19(14-8-3-9-15-19)22(21,17-10-4-1-5-11-17)18-12-6-2-7-13-18/h1-2,4-7,10-13,16H,3,8-9,14-15H2. The minimum atomic E-state index is -3.00. The monoisotopic (exact) mass is 312 g/mol. The Morgan fingerprint density at radius 2 is 1.23 bits per heavy atom. The third-order valence-corrected chi connectivity index (χ3v) is 8.66. The van der Waals surface area contributed by atoms with Gasteiger partial charge in [-0.3, -0.25) is 0 Å². The quantitative estimate of drug-likeness (QED) is 0.634. The molecule has 0 amide bonds. The van der Waals surface area contributed by atoms with Crippen molar-refractivity contribution in [3.05, 3.63) is 60.7 Å². The molecular formula is C19H21O2P. The predicted octanol–water partition coefficient (Wildman–Crippen LogP) is 3.90. The summed E-state index contributed by atoms with van der Waals surface area (Å²) in [4.78, 5) is 12.1. The molecule has 1 fully saturated rings. The molecule has 0 saturated heterocycles. The molecule has 2 aromatic carbocycles. The average Bonchev–Trinajstić information content (AvgIpc) is 2.63. The molecule has 2 nitrogen and oxygen atoms in total. The van der Waals surface area contributed by atoms with Crippen LogP contribution in [0.5, 0.6) is 0 Å². The van der Waals surface area contributed by atoms with Crippen molar-refractivity contribution >= 4 is 24.0 Å². The van der Waals surface area contributed by atoms with Crippen LogP contribution in [-0.4, -0.2) is 11.4 Å². The molecule has 0 bridgehead atoms. The van der Waals surface area contributed by atoms with E-state index in [1.165, 1.54) is 0 Å². The van der Waals surface area contributed by atoms with E-state index in [1.807, 2.05) is 60.7 Å². The lowest BCUT2D eigenvalue weighted by molar-refractivity contribution is -0.110. The molecule has 3 rings (SSSR count). The summed E-state index contributed by atoms with van der Waals surface area (Å²) in [6.07, 6.45) is 5.51. The van der Waals surface area contributed by atoms with Crippen LogP contribution in [0.15, 0.2) is 60.7 Å². The second-order valence-electron chi connectivity index (χ2n) is 6.06. The molecule has 1 aliphatic rings. The zero-order valence-electron chi connectivity index (χ0n) is 12.7. The highest BCUT2D eigenvalue weighted by Crippen LogP contribution is 2.60. The van der Waals surface area contributed by atoms with Crippen molar-refractivity contribution in [3.63, 3.8) is 0 Å². The highest BCUT2D eigenvalue weighted by molar-refractivity contribution is 7.80. The number of carbonyl (C=O) groups excluding carboxylic acids is 1. The molecule has 3 heteroatoms. The van der Waals surface area contributed by atoms with Gasteiger partial charge in [-0.2, -0.15) is 0 Å². The van der Waals surface area contributed by atoms with E-state index < -0.39 is 12.3 Å². The first-order valence-corrected chi connectivity index (χ1v) is 9.61. The normalized spacial score (nSPS) is 17.8. The molecule has 22 heavy (non-hydrogen) atoms. The Balaban J connectivity index is 2.24. The number of hydrogen-bond donors (Lipinski definition) is 0. The lowest BCUT2D eigenvalue weighted by atomic mass is 9.89. The fourth-order valence-electron chi connectivity index (χ4n) is 3.61. The predicted molar refractivity (Wildman–Crippen MR) is 91.6 cm³/mol. The molecule has 0 radical (unpaired) electrons. The molecule has 114 valence electrons. The van der Waals surface area contributed by atoms with Crippen LogP contribution >= 0.6 is 7.14 Å². The smallest absolute Gasteiger partial charge is 0.155 e. The summed E-state index contributed by atoms with van der Waals surface area (Å²) in [7, 11) is -3.00. The van der Waals surface area contributed by atoms with Gasteiger partial charge in [-0.25, -0.2) is 0 Å². The van der Waals surface area contributed by atoms with Crippen LogP contribution in [-0.2, 0) is 9.36 Å². The van der Waals surface area contributed by atoms with Gasteiger partial charge < -0.3 is 9.36 Å². The van der Waals surface area contributed by atoms with Crippen LogP contribution in [0.1, 0.15) is 32.1 Å². The van der Waals surface area contributed by atoms with Crippen molar-refractivity contribution in [2.45, 2.75) is 37.3 Å². The molecule has 0 unspecified atom stereocenters. The minimum absolute atomic E-state index is 0.720. The molecule has 2 aromatic rings. The number of hydrogen-bond acceptors (Lipinski definition) is 2. The summed E-state index contributed by atoms with van der Waals surface area (Å²) in [6.45, 7) is 0. The van der Waals surface area contributed by atoms with Crippen molar-refractivity contribution in [2.24, 2.45) is 0 Å². The first-order valence-electron chi connectivity index (χ1n) is 7.91. The molecule has 1 aliphatic carbocycles. The van der Waals surface area contributed by atoms with Gasteiger partial charge in [0, 0.05) is 10.6 Å². The summed E-state index contributed by atoms with van der Waals surface area (Å²) in [5, 5.41) is 0.860. The van der Waals surface area contributed by atoms with E-state index in [-0.39, 0.29) is 0 Å². The Kier molecular flexibility index (Phi) is 4.31. The lowest BCUT2D eigenvalue weighted by Gasteiger charge is -2.39. The van der Waals surface area contributed by atoms with Crippen LogP contribution in [0.25, 0.3) is 0 Å². The molecule has 0 heterocycles. The molecule has 0 N–H and O–H groups in total. The Labute approximate surface area is 131 Å². The van der Waals surface area contributed by atoms with E-state index in [9.17, 15) is 9.36 Å². The van der Waals surface area contributed by atoms with Crippen molar-refractivity contribution in [1.82, 2.24) is 0 Å². The topological polar surface area (TPSA) is 34.1 Å². The van der Waals surface area contributed by atoms with E-state index in [0.717, 1.165) is 49.0 Å². The average molecular weight is 312 g/mol. The van der Waals surface area contributed by atoms with E-state index in [0.29, 0.717) is 0 Å². The van der Waals surface area contributed by atoms with Crippen molar-refractivity contribution in [1.29, 1.82) is 0 Å². The second-order valence-corrected chi connectivity index (χ2v) is 9.20. The van der Waals surface area contributed by atoms with Gasteiger partial charge in [0.15, 0.2) is 7.14 Å². The van der Waals surface area contributed by atoms with Crippen LogP contribution in [0, 0.1) is 0 Å². The third-order valence-electron chi connectivity index (χ3n) is 4.81. The Morgan fingerprint density at radius 3 is 1.64 bits per heavy atom. The minimum Gasteiger partial charge on any atom is -0.313 e. The summed E-state index contributed by atoms with van der Waals surface area (Å²) < 4.78 is 14.3. The van der Waals surface area contributed by atoms with Crippen LogP contribution in [0.4, 0.5) is 0 Å². The molecule has 0 aromatic heterocycles. The van der Waals surface area contributed by atoms with Gasteiger partial charge in [-0.15, -0.1) is 0 Å². The number of carbonyl (C=O) groups is 1. The maximum absolute atomic E-state index is 14.3. The van der Waals surface area contributed by atoms with Gasteiger partial charge in [0.2, 0.25) is 0 Å². The summed E-state index contributed by atoms with van der Waals surface area (Å²) in [5.41, 5.74) is 0. The fourth-order valence-corrected chi connectivity index (χ4v) is 7.22. The van der Waals surface area contributed by atoms with Crippen molar-refractivity contribution in [3.8, 4) is 0 Å². The highest BCUT2D eigenvalue weighted by atomic mass is 31.2. The van der Waals surface area contributed by atoms with Crippen LogP contribution < -0.4 is 10.6 Å². The zero-order valence-corrected chi connectivity index (χ0v) is 13.5. The SMILES string of the molecule is O=CC1(P(=O)(c2ccccc2)c2ccccc2)CCCCC1. The third kappa shape index (κ3) is 2.36. The maximum Gasteiger partial charge on any atom is 0.155 e. The zero-order chi connectivity index (χ0) is 15.5. The van der Waals surface area contributed by atoms with Crippen molar-refractivity contribution < 1.29 is 9.36 Å². The highest BCUT2D eigenvalue weighted by Gasteiger charge is 2.50. The fraction of sp³-hybridized carbons (Fsp3) is 0.316. The van der Waals surface area contributed by atoms with Gasteiger partial charge in [-0.05, 0) is 12.8 Å². The van der Waals surface area contributed by atoms with Gasteiger partial charge in [0.25, 0.3) is 0 Å². The summed E-state index contributed by atoms with van der Waals surface area (Å²) >= 11 is 0. The molecule has 0 spiro atoms. The van der Waals surface area contributed by atoms with Gasteiger partial charge in [0.05, 0.1) is 5.16 Å². The molecular weight excluding hydrogens is 291 g/mol. The van der Waals surface area contributed by atoms with Gasteiger partial charge >= 0.3 is 0 Å². The maximum atomic E-state index is 14.3. The largest absolute Gasteiger partial charge is 0.313 e.